The SMILES string of the molecule is COC(=O)C(C)(C)[C@H](N)c1cc(C(C)(C)C)cc(C(C)(C)C)c1O.Cl. The van der Waals surface area contributed by atoms with Crippen molar-refractivity contribution in [1.82, 2.24) is 0 Å². The van der Waals surface area contributed by atoms with E-state index in [1.54, 1.807) is 13.8 Å². The van der Waals surface area contributed by atoms with Crippen LogP contribution in [0.2, 0.25) is 0 Å². The van der Waals surface area contributed by atoms with Gasteiger partial charge in [0.15, 0.2) is 0 Å². The van der Waals surface area contributed by atoms with Crippen molar-refractivity contribution in [2.75, 3.05) is 7.11 Å². The summed E-state index contributed by atoms with van der Waals surface area (Å²) in [7, 11) is 1.35. The summed E-state index contributed by atoms with van der Waals surface area (Å²) in [5.74, 6) is -0.229. The van der Waals surface area contributed by atoms with Crippen LogP contribution in [0, 0.1) is 5.41 Å². The van der Waals surface area contributed by atoms with Gasteiger partial charge in [-0.1, -0.05) is 47.6 Å². The number of carbonyl (C=O) groups is 1. The summed E-state index contributed by atoms with van der Waals surface area (Å²) in [6.07, 6.45) is 0. The fourth-order valence-electron chi connectivity index (χ4n) is 2.68. The summed E-state index contributed by atoms with van der Waals surface area (Å²) >= 11 is 0. The second-order valence-corrected chi connectivity index (χ2v) is 9.15. The Morgan fingerprint density at radius 3 is 1.88 bits per heavy atom. The van der Waals surface area contributed by atoms with Crippen molar-refractivity contribution in [2.45, 2.75) is 72.3 Å². The van der Waals surface area contributed by atoms with Gasteiger partial charge in [0.1, 0.15) is 5.75 Å². The monoisotopic (exact) mass is 371 g/mol. The van der Waals surface area contributed by atoms with Crippen LogP contribution >= 0.6 is 12.4 Å². The number of hydrogen-bond acceptors (Lipinski definition) is 4. The van der Waals surface area contributed by atoms with Gasteiger partial charge >= 0.3 is 5.97 Å². The molecule has 0 saturated carbocycles. The van der Waals surface area contributed by atoms with Crippen molar-refractivity contribution in [3.8, 4) is 5.75 Å². The van der Waals surface area contributed by atoms with E-state index >= 15 is 0 Å². The summed E-state index contributed by atoms with van der Waals surface area (Å²) in [5.41, 5.74) is 7.63. The minimum Gasteiger partial charge on any atom is -0.507 e. The third kappa shape index (κ3) is 4.89. The first-order valence-electron chi connectivity index (χ1n) is 8.36. The first-order chi connectivity index (χ1) is 10.6. The number of hydrogen-bond donors (Lipinski definition) is 2. The van der Waals surface area contributed by atoms with Crippen LogP contribution in [0.5, 0.6) is 5.75 Å². The van der Waals surface area contributed by atoms with E-state index in [1.165, 1.54) is 7.11 Å². The molecule has 0 aromatic heterocycles. The summed E-state index contributed by atoms with van der Waals surface area (Å²) in [4.78, 5) is 12.1. The third-order valence-corrected chi connectivity index (χ3v) is 4.64. The zero-order chi connectivity index (χ0) is 19.1. The summed E-state index contributed by atoms with van der Waals surface area (Å²) in [5, 5.41) is 10.9. The van der Waals surface area contributed by atoms with E-state index < -0.39 is 17.4 Å². The standard InChI is InChI=1S/C20H33NO3.ClH/c1-18(2,3)12-10-13(15(22)14(11-12)19(4,5)6)16(21)20(7,8)17(23)24-9;/h10-11,16,22H,21H2,1-9H3;1H/t16-;/m1./s1. The second kappa shape index (κ2) is 7.55. The van der Waals surface area contributed by atoms with Crippen LogP contribution in [0.15, 0.2) is 12.1 Å². The molecule has 0 unspecified atom stereocenters. The highest BCUT2D eigenvalue weighted by Gasteiger charge is 2.39. The van der Waals surface area contributed by atoms with Gasteiger partial charge in [-0.3, -0.25) is 4.79 Å². The van der Waals surface area contributed by atoms with E-state index in [4.69, 9.17) is 10.5 Å². The number of methoxy groups -OCH3 is 1. The number of carbonyl (C=O) groups excluding carboxylic acids is 1. The van der Waals surface area contributed by atoms with Gasteiger partial charge in [-0.05, 0) is 41.9 Å². The minimum absolute atomic E-state index is 0. The number of nitrogens with two attached hydrogens (primary N) is 1. The molecule has 0 spiro atoms. The molecule has 1 rings (SSSR count). The molecule has 3 N–H and O–H groups in total. The third-order valence-electron chi connectivity index (χ3n) is 4.64. The number of halogens is 1. The van der Waals surface area contributed by atoms with E-state index in [0.717, 1.165) is 11.1 Å². The Labute approximate surface area is 158 Å². The molecule has 0 amide bonds. The number of phenolic OH excluding ortho intramolecular Hbond substituents is 1. The average molecular weight is 372 g/mol. The lowest BCUT2D eigenvalue weighted by atomic mass is 9.74. The summed E-state index contributed by atoms with van der Waals surface area (Å²) in [6, 6.07) is 3.28. The number of phenols is 1. The maximum Gasteiger partial charge on any atom is 0.313 e. The van der Waals surface area contributed by atoms with Crippen LogP contribution in [0.1, 0.15) is 78.1 Å². The Bertz CT molecular complexity index is 625. The zero-order valence-electron chi connectivity index (χ0n) is 17.0. The van der Waals surface area contributed by atoms with Gasteiger partial charge in [-0.15, -0.1) is 12.4 Å². The normalized spacial score (nSPS) is 13.8. The largest absolute Gasteiger partial charge is 0.507 e. The maximum absolute atomic E-state index is 12.1. The molecule has 5 heteroatoms. The molecule has 0 aliphatic heterocycles. The summed E-state index contributed by atoms with van der Waals surface area (Å²) < 4.78 is 4.89. The first kappa shape index (κ1) is 23.7. The number of aromatic hydroxyl groups is 1. The van der Waals surface area contributed by atoms with Gasteiger partial charge < -0.3 is 15.6 Å². The Hall–Kier alpha value is -1.26. The predicted molar refractivity (Wildman–Crippen MR) is 105 cm³/mol. The molecule has 144 valence electrons. The van der Waals surface area contributed by atoms with E-state index in [2.05, 4.69) is 41.5 Å². The van der Waals surface area contributed by atoms with Gasteiger partial charge in [-0.2, -0.15) is 0 Å². The molecule has 0 heterocycles. The molecule has 1 atom stereocenters. The number of benzene rings is 1. The topological polar surface area (TPSA) is 72.5 Å². The molecule has 0 aliphatic carbocycles. The zero-order valence-corrected chi connectivity index (χ0v) is 17.8. The number of ether oxygens (including phenoxy) is 1. The molecule has 0 fully saturated rings. The van der Waals surface area contributed by atoms with E-state index in [9.17, 15) is 9.90 Å². The van der Waals surface area contributed by atoms with Gasteiger partial charge in [0, 0.05) is 11.6 Å². The van der Waals surface area contributed by atoms with Gasteiger partial charge in [0.2, 0.25) is 0 Å². The number of rotatable bonds is 3. The molecule has 0 bridgehead atoms. The first-order valence-corrected chi connectivity index (χ1v) is 8.36. The summed E-state index contributed by atoms with van der Waals surface area (Å²) in [6.45, 7) is 16.0. The molecule has 1 aromatic carbocycles. The number of esters is 1. The fourth-order valence-corrected chi connectivity index (χ4v) is 2.68. The van der Waals surface area contributed by atoms with Crippen molar-refractivity contribution in [1.29, 1.82) is 0 Å². The molecule has 0 radical (unpaired) electrons. The van der Waals surface area contributed by atoms with Crippen molar-refractivity contribution < 1.29 is 14.6 Å². The van der Waals surface area contributed by atoms with Crippen molar-refractivity contribution in [3.05, 3.63) is 28.8 Å². The smallest absolute Gasteiger partial charge is 0.313 e. The second-order valence-electron chi connectivity index (χ2n) is 9.15. The van der Waals surface area contributed by atoms with Crippen LogP contribution in [-0.4, -0.2) is 18.2 Å². The van der Waals surface area contributed by atoms with Crippen LogP contribution in [0.3, 0.4) is 0 Å². The van der Waals surface area contributed by atoms with Crippen molar-refractivity contribution in [3.63, 3.8) is 0 Å². The van der Waals surface area contributed by atoms with Crippen LogP contribution in [-0.2, 0) is 20.4 Å². The Morgan fingerprint density at radius 2 is 1.52 bits per heavy atom. The lowest BCUT2D eigenvalue weighted by molar-refractivity contribution is -0.152. The van der Waals surface area contributed by atoms with Crippen LogP contribution in [0.25, 0.3) is 0 Å². The van der Waals surface area contributed by atoms with E-state index in [1.807, 2.05) is 12.1 Å². The molecule has 1 aromatic rings. The Balaban J connectivity index is 0.00000576. The molecular formula is C20H34ClNO3. The van der Waals surface area contributed by atoms with Crippen LogP contribution < -0.4 is 5.73 Å². The molecular weight excluding hydrogens is 338 g/mol. The van der Waals surface area contributed by atoms with Crippen molar-refractivity contribution >= 4 is 18.4 Å². The lowest BCUT2D eigenvalue weighted by Crippen LogP contribution is -2.37. The highest BCUT2D eigenvalue weighted by atomic mass is 35.5. The average Bonchev–Trinajstić information content (AvgIpc) is 2.43. The van der Waals surface area contributed by atoms with Gasteiger partial charge in [0.25, 0.3) is 0 Å². The maximum atomic E-state index is 12.1. The minimum atomic E-state index is -0.947. The predicted octanol–water partition coefficient (Wildman–Crippen LogP) is 4.61. The quantitative estimate of drug-likeness (QED) is 0.761. The van der Waals surface area contributed by atoms with Crippen molar-refractivity contribution in [2.24, 2.45) is 11.1 Å². The molecule has 25 heavy (non-hydrogen) atoms. The highest BCUT2D eigenvalue weighted by molar-refractivity contribution is 5.85. The molecule has 4 nitrogen and oxygen atoms in total. The Kier molecular flexibility index (Phi) is 7.17. The van der Waals surface area contributed by atoms with E-state index in [-0.39, 0.29) is 29.0 Å². The molecule has 0 aliphatic rings. The van der Waals surface area contributed by atoms with Crippen LogP contribution in [0.4, 0.5) is 0 Å². The van der Waals surface area contributed by atoms with E-state index in [0.29, 0.717) is 5.56 Å². The fraction of sp³-hybridized carbons (Fsp3) is 0.650. The van der Waals surface area contributed by atoms with Gasteiger partial charge in [0.05, 0.1) is 12.5 Å². The Morgan fingerprint density at radius 1 is 1.04 bits per heavy atom. The lowest BCUT2D eigenvalue weighted by Gasteiger charge is -2.33. The van der Waals surface area contributed by atoms with Gasteiger partial charge in [-0.25, -0.2) is 0 Å². The molecule has 0 saturated heterocycles. The highest BCUT2D eigenvalue weighted by Crippen LogP contribution is 2.43.